The number of aryl methyl sites for hydroxylation is 1. The fourth-order valence-corrected chi connectivity index (χ4v) is 2.60. The fraction of sp³-hybridized carbons (Fsp3) is 0.545. The number of nitrogens with zero attached hydrogens (tertiary/aromatic N) is 1. The van der Waals surface area contributed by atoms with Crippen LogP contribution in [-0.4, -0.2) is 52.2 Å². The van der Waals surface area contributed by atoms with Gasteiger partial charge in [-0.2, -0.15) is 11.8 Å². The first-order valence-corrected chi connectivity index (χ1v) is 7.09. The Balaban J connectivity index is 0.00000128. The van der Waals surface area contributed by atoms with Crippen LogP contribution in [-0.2, 0) is 0 Å². The Morgan fingerprint density at radius 1 is 1.44 bits per heavy atom. The fourth-order valence-electron chi connectivity index (χ4n) is 1.56. The zero-order chi connectivity index (χ0) is 10.8. The zero-order valence-electron chi connectivity index (χ0n) is 8.87. The van der Waals surface area contributed by atoms with E-state index < -0.39 is 0 Å². The van der Waals surface area contributed by atoms with Crippen LogP contribution in [0.5, 0.6) is 5.88 Å². The third-order valence-corrected chi connectivity index (χ3v) is 4.56. The van der Waals surface area contributed by atoms with E-state index >= 15 is 0 Å². The minimum atomic E-state index is 0. The van der Waals surface area contributed by atoms with E-state index in [1.807, 2.05) is 30.8 Å². The first-order chi connectivity index (χ1) is 7.19. The van der Waals surface area contributed by atoms with Gasteiger partial charge >= 0.3 is 29.6 Å². The molecule has 0 N–H and O–H groups in total. The molecule has 2 nitrogen and oxygen atoms in total. The number of hydrogen-bond acceptors (Lipinski definition) is 3. The topological polar surface area (TPSA) is 22.1 Å². The standard InChI is InChI=1S/C11H14BrNOS.Na.H/c1-7-10(12)3-4-11(13-7)14-8-5-9(6-8)15-2;;/h3-4,8-9H,5-6H2,1-2H3;;/t8-,9-;;. The van der Waals surface area contributed by atoms with Crippen molar-refractivity contribution in [3.63, 3.8) is 0 Å². The zero-order valence-corrected chi connectivity index (χ0v) is 11.3. The number of rotatable bonds is 3. The monoisotopic (exact) mass is 311 g/mol. The van der Waals surface area contributed by atoms with Crippen LogP contribution in [0.25, 0.3) is 0 Å². The molecule has 0 spiro atoms. The summed E-state index contributed by atoms with van der Waals surface area (Å²) in [5.41, 5.74) is 0.980. The van der Waals surface area contributed by atoms with Crippen molar-refractivity contribution in [1.29, 1.82) is 0 Å². The molecule has 2 rings (SSSR count). The number of halogens is 1. The van der Waals surface area contributed by atoms with Crippen LogP contribution in [0.2, 0.25) is 0 Å². The van der Waals surface area contributed by atoms with Gasteiger partial charge in [-0.05, 0) is 48.0 Å². The average molecular weight is 312 g/mol. The molecule has 5 heteroatoms. The second-order valence-corrected chi connectivity index (χ2v) is 5.78. The molecule has 16 heavy (non-hydrogen) atoms. The Morgan fingerprint density at radius 2 is 2.12 bits per heavy atom. The van der Waals surface area contributed by atoms with E-state index in [4.69, 9.17) is 4.74 Å². The number of thioether (sulfide) groups is 1. The third kappa shape index (κ3) is 3.64. The van der Waals surface area contributed by atoms with Gasteiger partial charge < -0.3 is 4.74 Å². The van der Waals surface area contributed by atoms with E-state index in [9.17, 15) is 0 Å². The van der Waals surface area contributed by atoms with Gasteiger partial charge in [0.25, 0.3) is 0 Å². The van der Waals surface area contributed by atoms with Gasteiger partial charge in [0.05, 0.1) is 5.69 Å². The summed E-state index contributed by atoms with van der Waals surface area (Å²) in [7, 11) is 0. The van der Waals surface area contributed by atoms with Gasteiger partial charge in [-0.1, -0.05) is 0 Å². The van der Waals surface area contributed by atoms with Crippen molar-refractivity contribution in [2.45, 2.75) is 31.1 Å². The SMILES string of the molecule is CS[C@H]1C[C@H](Oc2ccc(Br)c(C)n2)C1.[NaH]. The maximum absolute atomic E-state index is 5.77. The van der Waals surface area contributed by atoms with Crippen LogP contribution >= 0.6 is 27.7 Å². The van der Waals surface area contributed by atoms with Gasteiger partial charge in [0.15, 0.2) is 0 Å². The molecule has 1 fully saturated rings. The van der Waals surface area contributed by atoms with E-state index in [1.54, 1.807) is 0 Å². The summed E-state index contributed by atoms with van der Waals surface area (Å²) in [6.07, 6.45) is 4.83. The molecule has 0 radical (unpaired) electrons. The number of aromatic nitrogens is 1. The number of hydrogen-bond donors (Lipinski definition) is 0. The Hall–Kier alpha value is 0.780. The van der Waals surface area contributed by atoms with Crippen molar-refractivity contribution in [3.05, 3.63) is 22.3 Å². The van der Waals surface area contributed by atoms with Gasteiger partial charge in [-0.3, -0.25) is 0 Å². The second kappa shape index (κ2) is 6.64. The van der Waals surface area contributed by atoms with Crippen LogP contribution in [0.4, 0.5) is 0 Å². The van der Waals surface area contributed by atoms with Crippen LogP contribution in [0, 0.1) is 6.92 Å². The van der Waals surface area contributed by atoms with Crippen molar-refractivity contribution in [2.24, 2.45) is 0 Å². The molecular formula is C11H15BrNNaOS. The average Bonchev–Trinajstić information content (AvgIpc) is 2.16. The molecule has 0 amide bonds. The first kappa shape index (κ1) is 14.8. The molecule has 1 aromatic rings. The first-order valence-electron chi connectivity index (χ1n) is 5.01. The quantitative estimate of drug-likeness (QED) is 0.801. The number of pyridine rings is 1. The maximum atomic E-state index is 5.77. The minimum absolute atomic E-state index is 0. The summed E-state index contributed by atoms with van der Waals surface area (Å²) in [6.45, 7) is 1.97. The molecular weight excluding hydrogens is 297 g/mol. The van der Waals surface area contributed by atoms with E-state index in [-0.39, 0.29) is 29.6 Å². The number of ether oxygens (including phenoxy) is 1. The molecule has 1 heterocycles. The van der Waals surface area contributed by atoms with Crippen LogP contribution in [0.3, 0.4) is 0 Å². The summed E-state index contributed by atoms with van der Waals surface area (Å²) in [5.74, 6) is 0.750. The summed E-state index contributed by atoms with van der Waals surface area (Å²) in [6, 6.07) is 3.91. The Bertz CT molecular complexity index is 358. The molecule has 0 aliphatic heterocycles. The molecule has 0 saturated heterocycles. The van der Waals surface area contributed by atoms with E-state index in [0.29, 0.717) is 6.10 Å². The van der Waals surface area contributed by atoms with Crippen LogP contribution in [0.15, 0.2) is 16.6 Å². The molecule has 0 aromatic carbocycles. The summed E-state index contributed by atoms with van der Waals surface area (Å²) in [4.78, 5) is 4.37. The second-order valence-electron chi connectivity index (χ2n) is 3.79. The summed E-state index contributed by atoms with van der Waals surface area (Å²) >= 11 is 5.35. The predicted molar refractivity (Wildman–Crippen MR) is 74.8 cm³/mol. The predicted octanol–water partition coefficient (Wildman–Crippen LogP) is 2.78. The molecule has 1 saturated carbocycles. The molecule has 1 aliphatic rings. The van der Waals surface area contributed by atoms with Gasteiger partial charge in [-0.25, -0.2) is 4.98 Å². The van der Waals surface area contributed by atoms with Crippen molar-refractivity contribution < 1.29 is 4.74 Å². The van der Waals surface area contributed by atoms with Gasteiger partial charge in [0, 0.05) is 15.8 Å². The molecule has 0 bridgehead atoms. The van der Waals surface area contributed by atoms with Crippen LogP contribution in [0.1, 0.15) is 18.5 Å². The van der Waals surface area contributed by atoms with Gasteiger partial charge in [0.2, 0.25) is 5.88 Å². The summed E-state index contributed by atoms with van der Waals surface area (Å²) in [5, 5.41) is 0.784. The third-order valence-electron chi connectivity index (χ3n) is 2.67. The van der Waals surface area contributed by atoms with E-state index in [2.05, 4.69) is 27.2 Å². The molecule has 1 aromatic heterocycles. The van der Waals surface area contributed by atoms with Crippen molar-refractivity contribution in [3.8, 4) is 5.88 Å². The summed E-state index contributed by atoms with van der Waals surface area (Å²) < 4.78 is 6.81. The van der Waals surface area contributed by atoms with Crippen molar-refractivity contribution in [1.82, 2.24) is 4.98 Å². The van der Waals surface area contributed by atoms with Crippen LogP contribution < -0.4 is 4.74 Å². The molecule has 0 unspecified atom stereocenters. The Morgan fingerprint density at radius 3 is 2.69 bits per heavy atom. The van der Waals surface area contributed by atoms with Gasteiger partial charge in [0.1, 0.15) is 6.10 Å². The molecule has 1 aliphatic carbocycles. The molecule has 0 atom stereocenters. The van der Waals surface area contributed by atoms with E-state index in [0.717, 1.165) is 34.1 Å². The Labute approximate surface area is 131 Å². The van der Waals surface area contributed by atoms with Gasteiger partial charge in [-0.15, -0.1) is 0 Å². The normalized spacial score (nSPS) is 23.2. The molecule has 84 valence electrons. The van der Waals surface area contributed by atoms with Crippen molar-refractivity contribution >= 4 is 57.2 Å². The van der Waals surface area contributed by atoms with Crippen molar-refractivity contribution in [2.75, 3.05) is 6.26 Å². The Kier molecular flexibility index (Phi) is 6.16. The van der Waals surface area contributed by atoms with E-state index in [1.165, 1.54) is 0 Å².